The molecule has 1 unspecified atom stereocenters. The summed E-state index contributed by atoms with van der Waals surface area (Å²) in [5, 5.41) is 13.8. The third kappa shape index (κ3) is 4.84. The molecule has 17 heavy (non-hydrogen) atoms. The van der Waals surface area contributed by atoms with Crippen LogP contribution in [0.2, 0.25) is 0 Å². The van der Waals surface area contributed by atoms with Gasteiger partial charge in [-0.3, -0.25) is 9.59 Å². The molecule has 96 valence electrons. The van der Waals surface area contributed by atoms with E-state index in [1.165, 1.54) is 0 Å². The summed E-state index contributed by atoms with van der Waals surface area (Å²) in [6, 6.07) is -0.814. The van der Waals surface area contributed by atoms with Gasteiger partial charge < -0.3 is 15.7 Å². The van der Waals surface area contributed by atoms with Crippen LogP contribution in [-0.2, 0) is 14.4 Å². The molecule has 1 aliphatic carbocycles. The van der Waals surface area contributed by atoms with Crippen molar-refractivity contribution in [2.24, 2.45) is 5.92 Å². The first kappa shape index (κ1) is 13.5. The lowest BCUT2D eigenvalue weighted by atomic mass is 10.2. The van der Waals surface area contributed by atoms with Crippen LogP contribution < -0.4 is 10.6 Å². The minimum absolute atomic E-state index is 0.0443. The molecule has 1 saturated carbocycles. The van der Waals surface area contributed by atoms with Gasteiger partial charge >= 0.3 is 5.97 Å². The minimum Gasteiger partial charge on any atom is -0.480 e. The molecule has 1 fully saturated rings. The Labute approximate surface area is 99.8 Å². The van der Waals surface area contributed by atoms with Crippen molar-refractivity contribution in [3.8, 4) is 0 Å². The van der Waals surface area contributed by atoms with Crippen molar-refractivity contribution >= 4 is 17.8 Å². The number of rotatable bonds is 7. The molecule has 6 heteroatoms. The molecule has 0 spiro atoms. The van der Waals surface area contributed by atoms with Crippen LogP contribution in [-0.4, -0.2) is 35.5 Å². The first-order valence-corrected chi connectivity index (χ1v) is 5.83. The quantitative estimate of drug-likeness (QED) is 0.580. The van der Waals surface area contributed by atoms with Crippen molar-refractivity contribution in [1.82, 2.24) is 10.6 Å². The Balaban J connectivity index is 2.27. The molecule has 6 nitrogen and oxygen atoms in total. The molecule has 1 aliphatic rings. The predicted octanol–water partition coefficient (Wildman–Crippen LogP) is -0.118. The van der Waals surface area contributed by atoms with Crippen LogP contribution in [0.15, 0.2) is 0 Å². The maximum absolute atomic E-state index is 11.4. The van der Waals surface area contributed by atoms with Gasteiger partial charge in [0.1, 0.15) is 6.04 Å². The summed E-state index contributed by atoms with van der Waals surface area (Å²) in [6.45, 7) is 1.71. The summed E-state index contributed by atoms with van der Waals surface area (Å²) >= 11 is 0. The standard InChI is InChI=1S/C11H18N2O4/c1-2-3-8(14)12-6-9(15)13-10(11(16)17)7-4-5-7/h7,10H,2-6H2,1H3,(H,12,14)(H,13,15)(H,16,17). The predicted molar refractivity (Wildman–Crippen MR) is 60.2 cm³/mol. The van der Waals surface area contributed by atoms with Crippen LogP contribution in [0.4, 0.5) is 0 Å². The summed E-state index contributed by atoms with van der Waals surface area (Å²) in [7, 11) is 0. The molecule has 0 saturated heterocycles. The fourth-order valence-electron chi connectivity index (χ4n) is 1.53. The van der Waals surface area contributed by atoms with E-state index in [0.717, 1.165) is 12.8 Å². The number of carboxylic acid groups (broad SMARTS) is 1. The van der Waals surface area contributed by atoms with Crippen LogP contribution in [0.5, 0.6) is 0 Å². The van der Waals surface area contributed by atoms with Gasteiger partial charge in [0.25, 0.3) is 0 Å². The Kier molecular flexibility index (Phi) is 4.93. The van der Waals surface area contributed by atoms with Gasteiger partial charge in [-0.2, -0.15) is 0 Å². The van der Waals surface area contributed by atoms with E-state index in [4.69, 9.17) is 5.11 Å². The van der Waals surface area contributed by atoms with Gasteiger partial charge in [-0.05, 0) is 25.2 Å². The van der Waals surface area contributed by atoms with E-state index in [9.17, 15) is 14.4 Å². The fourth-order valence-corrected chi connectivity index (χ4v) is 1.53. The Hall–Kier alpha value is -1.59. The molecule has 0 aliphatic heterocycles. The van der Waals surface area contributed by atoms with Gasteiger partial charge in [-0.15, -0.1) is 0 Å². The van der Waals surface area contributed by atoms with E-state index >= 15 is 0 Å². The minimum atomic E-state index is -1.01. The lowest BCUT2D eigenvalue weighted by Gasteiger charge is -2.13. The van der Waals surface area contributed by atoms with Gasteiger partial charge in [-0.1, -0.05) is 6.92 Å². The highest BCUT2D eigenvalue weighted by atomic mass is 16.4. The Bertz CT molecular complexity index is 313. The van der Waals surface area contributed by atoms with E-state index in [-0.39, 0.29) is 18.4 Å². The smallest absolute Gasteiger partial charge is 0.326 e. The highest BCUT2D eigenvalue weighted by Crippen LogP contribution is 2.32. The lowest BCUT2D eigenvalue weighted by Crippen LogP contribution is -2.46. The maximum Gasteiger partial charge on any atom is 0.326 e. The third-order valence-corrected chi connectivity index (χ3v) is 2.60. The molecule has 2 amide bonds. The van der Waals surface area contributed by atoms with E-state index in [1.807, 2.05) is 6.92 Å². The normalized spacial score (nSPS) is 16.1. The lowest BCUT2D eigenvalue weighted by molar-refractivity contribution is -0.142. The average molecular weight is 242 g/mol. The molecule has 0 heterocycles. The monoisotopic (exact) mass is 242 g/mol. The first-order chi connectivity index (χ1) is 8.04. The summed E-state index contributed by atoms with van der Waals surface area (Å²) in [6.07, 6.45) is 2.75. The summed E-state index contributed by atoms with van der Waals surface area (Å²) in [5.74, 6) is -1.61. The zero-order chi connectivity index (χ0) is 12.8. The van der Waals surface area contributed by atoms with Crippen molar-refractivity contribution in [2.75, 3.05) is 6.54 Å². The topological polar surface area (TPSA) is 95.5 Å². The number of hydrogen-bond donors (Lipinski definition) is 3. The van der Waals surface area contributed by atoms with Crippen molar-refractivity contribution in [3.63, 3.8) is 0 Å². The Morgan fingerprint density at radius 1 is 1.29 bits per heavy atom. The fraction of sp³-hybridized carbons (Fsp3) is 0.727. The van der Waals surface area contributed by atoms with Gasteiger partial charge in [0.15, 0.2) is 0 Å². The molecule has 0 aromatic heterocycles. The number of nitrogens with one attached hydrogen (secondary N) is 2. The van der Waals surface area contributed by atoms with Crippen molar-refractivity contribution in [1.29, 1.82) is 0 Å². The largest absolute Gasteiger partial charge is 0.480 e. The van der Waals surface area contributed by atoms with Gasteiger partial charge in [-0.25, -0.2) is 4.79 Å². The van der Waals surface area contributed by atoms with Gasteiger partial charge in [0.2, 0.25) is 11.8 Å². The Morgan fingerprint density at radius 3 is 2.41 bits per heavy atom. The molecular formula is C11H18N2O4. The Morgan fingerprint density at radius 2 is 1.94 bits per heavy atom. The zero-order valence-corrected chi connectivity index (χ0v) is 9.86. The molecular weight excluding hydrogens is 224 g/mol. The third-order valence-electron chi connectivity index (χ3n) is 2.60. The summed E-state index contributed by atoms with van der Waals surface area (Å²) < 4.78 is 0. The van der Waals surface area contributed by atoms with Gasteiger partial charge in [0, 0.05) is 6.42 Å². The molecule has 3 N–H and O–H groups in total. The van der Waals surface area contributed by atoms with Crippen molar-refractivity contribution < 1.29 is 19.5 Å². The van der Waals surface area contributed by atoms with Crippen LogP contribution >= 0.6 is 0 Å². The summed E-state index contributed by atoms with van der Waals surface area (Å²) in [5.41, 5.74) is 0. The van der Waals surface area contributed by atoms with E-state index in [2.05, 4.69) is 10.6 Å². The molecule has 0 radical (unpaired) electrons. The van der Waals surface area contributed by atoms with Crippen LogP contribution in [0, 0.1) is 5.92 Å². The molecule has 0 aromatic carbocycles. The number of aliphatic carboxylic acids is 1. The van der Waals surface area contributed by atoms with Crippen LogP contribution in [0.25, 0.3) is 0 Å². The van der Waals surface area contributed by atoms with E-state index in [0.29, 0.717) is 12.8 Å². The number of carboxylic acids is 1. The molecule has 0 aromatic rings. The van der Waals surface area contributed by atoms with E-state index in [1.54, 1.807) is 0 Å². The molecule has 0 bridgehead atoms. The highest BCUT2D eigenvalue weighted by Gasteiger charge is 2.37. The van der Waals surface area contributed by atoms with Crippen molar-refractivity contribution in [2.45, 2.75) is 38.6 Å². The SMILES string of the molecule is CCCC(=O)NCC(=O)NC(C(=O)O)C1CC1. The second-order valence-electron chi connectivity index (χ2n) is 4.25. The number of carbonyl (C=O) groups excluding carboxylic acids is 2. The van der Waals surface area contributed by atoms with Crippen LogP contribution in [0.3, 0.4) is 0 Å². The number of hydrogen-bond acceptors (Lipinski definition) is 3. The number of carbonyl (C=O) groups is 3. The molecule has 1 atom stereocenters. The zero-order valence-electron chi connectivity index (χ0n) is 9.86. The van der Waals surface area contributed by atoms with E-state index < -0.39 is 17.9 Å². The summed E-state index contributed by atoms with van der Waals surface area (Å²) in [4.78, 5) is 33.4. The van der Waals surface area contributed by atoms with Crippen molar-refractivity contribution in [3.05, 3.63) is 0 Å². The maximum atomic E-state index is 11.4. The number of amides is 2. The first-order valence-electron chi connectivity index (χ1n) is 5.83. The second kappa shape index (κ2) is 6.22. The average Bonchev–Trinajstić information content (AvgIpc) is 3.07. The van der Waals surface area contributed by atoms with Gasteiger partial charge in [0.05, 0.1) is 6.54 Å². The van der Waals surface area contributed by atoms with Crippen LogP contribution in [0.1, 0.15) is 32.6 Å². The molecule has 1 rings (SSSR count). The highest BCUT2D eigenvalue weighted by molar-refractivity contribution is 5.88. The second-order valence-corrected chi connectivity index (χ2v) is 4.25.